The molecule has 1 amide bonds. The number of aromatic nitrogens is 2. The molecule has 0 saturated heterocycles. The van der Waals surface area contributed by atoms with Crippen LogP contribution in [0.3, 0.4) is 0 Å². The molecule has 0 fully saturated rings. The van der Waals surface area contributed by atoms with Gasteiger partial charge in [-0.05, 0) is 19.3 Å². The van der Waals surface area contributed by atoms with Gasteiger partial charge in [-0.1, -0.05) is 13.8 Å². The Hall–Kier alpha value is -1.32. The van der Waals surface area contributed by atoms with E-state index in [1.54, 1.807) is 10.9 Å². The molecule has 0 spiro atoms. The molecule has 0 aromatic carbocycles. The fraction of sp³-hybridized carbons (Fsp3) is 0.636. The van der Waals surface area contributed by atoms with Gasteiger partial charge in [0.15, 0.2) is 0 Å². The first-order valence-electron chi connectivity index (χ1n) is 5.29. The quantitative estimate of drug-likeness (QED) is 0.817. The van der Waals surface area contributed by atoms with Crippen LogP contribution < -0.4 is 5.32 Å². The van der Waals surface area contributed by atoms with Crippen molar-refractivity contribution >= 4 is 5.91 Å². The second kappa shape index (κ2) is 4.96. The van der Waals surface area contributed by atoms with Gasteiger partial charge >= 0.3 is 0 Å². The zero-order chi connectivity index (χ0) is 11.4. The highest BCUT2D eigenvalue weighted by Gasteiger charge is 2.11. The molecule has 0 bridgehead atoms. The summed E-state index contributed by atoms with van der Waals surface area (Å²) in [6.07, 6.45) is 2.76. The fourth-order valence-corrected chi connectivity index (χ4v) is 1.39. The Balaban J connectivity index is 2.50. The van der Waals surface area contributed by atoms with Gasteiger partial charge in [-0.15, -0.1) is 0 Å². The van der Waals surface area contributed by atoms with Gasteiger partial charge in [-0.25, -0.2) is 0 Å². The predicted molar refractivity (Wildman–Crippen MR) is 59.7 cm³/mol. The Bertz CT molecular complexity index is 342. The first kappa shape index (κ1) is 11.8. The van der Waals surface area contributed by atoms with Gasteiger partial charge in [-0.3, -0.25) is 9.48 Å². The maximum atomic E-state index is 11.7. The Morgan fingerprint density at radius 2 is 2.27 bits per heavy atom. The first-order valence-corrected chi connectivity index (χ1v) is 5.29. The molecule has 1 rings (SSSR count). The third-order valence-corrected chi connectivity index (χ3v) is 2.27. The van der Waals surface area contributed by atoms with E-state index < -0.39 is 0 Å². The summed E-state index contributed by atoms with van der Waals surface area (Å²) < 4.78 is 1.66. The van der Waals surface area contributed by atoms with Gasteiger partial charge in [0, 0.05) is 19.8 Å². The predicted octanol–water partition coefficient (Wildman–Crippen LogP) is 1.50. The van der Waals surface area contributed by atoms with Gasteiger partial charge in [-0.2, -0.15) is 5.10 Å². The fourth-order valence-electron chi connectivity index (χ4n) is 1.39. The van der Waals surface area contributed by atoms with Crippen molar-refractivity contribution in [3.8, 4) is 0 Å². The van der Waals surface area contributed by atoms with E-state index in [0.717, 1.165) is 18.7 Å². The normalized spacial score (nSPS) is 10.7. The smallest absolute Gasteiger partial charge is 0.254 e. The number of carbonyl (C=O) groups is 1. The summed E-state index contributed by atoms with van der Waals surface area (Å²) in [6, 6.07) is 0. The van der Waals surface area contributed by atoms with Crippen LogP contribution in [-0.4, -0.2) is 22.2 Å². The summed E-state index contributed by atoms with van der Waals surface area (Å²) >= 11 is 0. The lowest BCUT2D eigenvalue weighted by molar-refractivity contribution is 0.0951. The lowest BCUT2D eigenvalue weighted by Gasteiger charge is -2.06. The molecule has 0 atom stereocenters. The summed E-state index contributed by atoms with van der Waals surface area (Å²) in [5, 5.41) is 7.02. The second-order valence-electron chi connectivity index (χ2n) is 4.24. The molecule has 4 nitrogen and oxygen atoms in total. The average molecular weight is 209 g/mol. The number of hydrogen-bond donors (Lipinski definition) is 1. The summed E-state index contributed by atoms with van der Waals surface area (Å²) in [4.78, 5) is 11.7. The topological polar surface area (TPSA) is 46.9 Å². The standard InChI is InChI=1S/C11H19N3O/c1-8(2)5-6-12-11(15)10-7-14(4)13-9(10)3/h7-8H,5-6H2,1-4H3,(H,12,15). The molecule has 4 heteroatoms. The van der Waals surface area contributed by atoms with Crippen molar-refractivity contribution in [2.45, 2.75) is 27.2 Å². The van der Waals surface area contributed by atoms with Crippen molar-refractivity contribution in [3.63, 3.8) is 0 Å². The van der Waals surface area contributed by atoms with Crippen molar-refractivity contribution in [1.82, 2.24) is 15.1 Å². The van der Waals surface area contributed by atoms with E-state index in [1.165, 1.54) is 0 Å². The molecule has 0 aliphatic rings. The second-order valence-corrected chi connectivity index (χ2v) is 4.24. The number of carbonyl (C=O) groups excluding carboxylic acids is 1. The molecule has 1 heterocycles. The van der Waals surface area contributed by atoms with E-state index in [9.17, 15) is 4.79 Å². The van der Waals surface area contributed by atoms with Gasteiger partial charge in [0.2, 0.25) is 0 Å². The van der Waals surface area contributed by atoms with E-state index in [1.807, 2.05) is 14.0 Å². The third-order valence-electron chi connectivity index (χ3n) is 2.27. The number of hydrogen-bond acceptors (Lipinski definition) is 2. The molecular formula is C11H19N3O. The minimum absolute atomic E-state index is 0.0266. The molecule has 1 aromatic rings. The zero-order valence-electron chi connectivity index (χ0n) is 9.87. The minimum atomic E-state index is -0.0266. The maximum Gasteiger partial charge on any atom is 0.254 e. The highest BCUT2D eigenvalue weighted by molar-refractivity contribution is 5.94. The van der Waals surface area contributed by atoms with E-state index in [4.69, 9.17) is 0 Å². The number of nitrogens with one attached hydrogen (secondary N) is 1. The summed E-state index contributed by atoms with van der Waals surface area (Å²) in [7, 11) is 1.82. The molecule has 15 heavy (non-hydrogen) atoms. The lowest BCUT2D eigenvalue weighted by atomic mass is 10.1. The Morgan fingerprint density at radius 1 is 1.60 bits per heavy atom. The van der Waals surface area contributed by atoms with Crippen LogP contribution in [0.15, 0.2) is 6.20 Å². The first-order chi connectivity index (χ1) is 7.00. The molecule has 0 radical (unpaired) electrons. The Morgan fingerprint density at radius 3 is 2.73 bits per heavy atom. The van der Waals surface area contributed by atoms with Crippen molar-refractivity contribution in [1.29, 1.82) is 0 Å². The minimum Gasteiger partial charge on any atom is -0.352 e. The van der Waals surface area contributed by atoms with Crippen LogP contribution in [0.1, 0.15) is 36.3 Å². The van der Waals surface area contributed by atoms with Crippen molar-refractivity contribution in [2.75, 3.05) is 6.54 Å². The number of rotatable bonds is 4. The van der Waals surface area contributed by atoms with Crippen LogP contribution >= 0.6 is 0 Å². The Labute approximate surface area is 90.7 Å². The molecule has 0 saturated carbocycles. The van der Waals surface area contributed by atoms with Crippen molar-refractivity contribution in [3.05, 3.63) is 17.5 Å². The van der Waals surface area contributed by atoms with Gasteiger partial charge in [0.05, 0.1) is 11.3 Å². The van der Waals surface area contributed by atoms with E-state index in [2.05, 4.69) is 24.3 Å². The van der Waals surface area contributed by atoms with E-state index in [-0.39, 0.29) is 5.91 Å². The zero-order valence-corrected chi connectivity index (χ0v) is 9.87. The van der Waals surface area contributed by atoms with E-state index >= 15 is 0 Å². The van der Waals surface area contributed by atoms with Crippen LogP contribution in [-0.2, 0) is 7.05 Å². The summed E-state index contributed by atoms with van der Waals surface area (Å²) in [5.41, 5.74) is 1.45. The van der Waals surface area contributed by atoms with Crippen LogP contribution in [0.4, 0.5) is 0 Å². The monoisotopic (exact) mass is 209 g/mol. The van der Waals surface area contributed by atoms with Gasteiger partial charge in [0.25, 0.3) is 5.91 Å². The summed E-state index contributed by atoms with van der Waals surface area (Å²) in [5.74, 6) is 0.585. The molecule has 0 aliphatic heterocycles. The number of nitrogens with zero attached hydrogens (tertiary/aromatic N) is 2. The lowest BCUT2D eigenvalue weighted by Crippen LogP contribution is -2.25. The van der Waals surface area contributed by atoms with Gasteiger partial charge < -0.3 is 5.32 Å². The van der Waals surface area contributed by atoms with Crippen LogP contribution in [0.5, 0.6) is 0 Å². The average Bonchev–Trinajstić information content (AvgIpc) is 2.44. The maximum absolute atomic E-state index is 11.7. The van der Waals surface area contributed by atoms with Crippen LogP contribution in [0.25, 0.3) is 0 Å². The van der Waals surface area contributed by atoms with E-state index in [0.29, 0.717) is 11.5 Å². The third kappa shape index (κ3) is 3.38. The molecule has 0 unspecified atom stereocenters. The van der Waals surface area contributed by atoms with Crippen molar-refractivity contribution in [2.24, 2.45) is 13.0 Å². The largest absolute Gasteiger partial charge is 0.352 e. The Kier molecular flexibility index (Phi) is 3.88. The molecule has 0 aliphatic carbocycles. The molecule has 1 aromatic heterocycles. The highest BCUT2D eigenvalue weighted by atomic mass is 16.1. The molecule has 84 valence electrons. The van der Waals surface area contributed by atoms with Crippen molar-refractivity contribution < 1.29 is 4.79 Å². The number of amides is 1. The van der Waals surface area contributed by atoms with Gasteiger partial charge in [0.1, 0.15) is 0 Å². The number of aryl methyl sites for hydroxylation is 2. The van der Waals surface area contributed by atoms with Crippen LogP contribution in [0.2, 0.25) is 0 Å². The molecule has 1 N–H and O–H groups in total. The summed E-state index contributed by atoms with van der Waals surface area (Å²) in [6.45, 7) is 6.85. The highest BCUT2D eigenvalue weighted by Crippen LogP contribution is 2.04. The SMILES string of the molecule is Cc1nn(C)cc1C(=O)NCCC(C)C. The molecular weight excluding hydrogens is 190 g/mol. The van der Waals surface area contributed by atoms with Crippen LogP contribution in [0, 0.1) is 12.8 Å².